The predicted octanol–water partition coefficient (Wildman–Crippen LogP) is 3.20. The van der Waals surface area contributed by atoms with Crippen LogP contribution in [0.25, 0.3) is 23.0 Å². The molecule has 0 spiro atoms. The van der Waals surface area contributed by atoms with E-state index in [0.717, 1.165) is 17.7 Å². The van der Waals surface area contributed by atoms with Crippen LogP contribution in [0.3, 0.4) is 0 Å². The molecule has 0 saturated heterocycles. The van der Waals surface area contributed by atoms with Crippen LogP contribution in [0.15, 0.2) is 65.8 Å². The summed E-state index contributed by atoms with van der Waals surface area (Å²) >= 11 is 0. The summed E-state index contributed by atoms with van der Waals surface area (Å²) in [6.07, 6.45) is 7.55. The lowest BCUT2D eigenvalue weighted by Gasteiger charge is -2.06. The molecule has 0 fully saturated rings. The van der Waals surface area contributed by atoms with Crippen LogP contribution in [-0.4, -0.2) is 30.6 Å². The Kier molecular flexibility index (Phi) is 4.92. The molecule has 1 N–H and O–H groups in total. The first-order valence-electron chi connectivity index (χ1n) is 8.86. The second-order valence-corrected chi connectivity index (χ2v) is 6.19. The van der Waals surface area contributed by atoms with Crippen molar-refractivity contribution >= 4 is 11.6 Å². The molecule has 0 aliphatic heterocycles. The van der Waals surface area contributed by atoms with Crippen LogP contribution >= 0.6 is 0 Å². The Morgan fingerprint density at radius 3 is 2.82 bits per heavy atom. The highest BCUT2D eigenvalue weighted by atomic mass is 16.5. The summed E-state index contributed by atoms with van der Waals surface area (Å²) in [5.74, 6) is 0.580. The van der Waals surface area contributed by atoms with Crippen molar-refractivity contribution in [1.82, 2.24) is 24.7 Å². The average Bonchev–Trinajstić information content (AvgIpc) is 3.39. The largest absolute Gasteiger partial charge is 0.333 e. The van der Waals surface area contributed by atoms with E-state index in [1.165, 1.54) is 5.56 Å². The number of imidazole rings is 1. The second kappa shape index (κ2) is 7.83. The second-order valence-electron chi connectivity index (χ2n) is 6.19. The molecule has 140 valence electrons. The van der Waals surface area contributed by atoms with Crippen LogP contribution in [0.4, 0.5) is 5.69 Å². The first-order chi connectivity index (χ1) is 13.7. The first-order valence-corrected chi connectivity index (χ1v) is 8.86. The van der Waals surface area contributed by atoms with Crippen LogP contribution in [0, 0.1) is 0 Å². The van der Waals surface area contributed by atoms with E-state index in [1.54, 1.807) is 35.6 Å². The van der Waals surface area contributed by atoms with E-state index in [2.05, 4.69) is 32.3 Å². The lowest BCUT2D eigenvalue weighted by molar-refractivity contribution is -0.116. The third kappa shape index (κ3) is 3.96. The minimum atomic E-state index is -0.141. The van der Waals surface area contributed by atoms with Crippen molar-refractivity contribution in [2.45, 2.75) is 19.9 Å². The minimum Gasteiger partial charge on any atom is -0.333 e. The van der Waals surface area contributed by atoms with Gasteiger partial charge in [0, 0.05) is 24.3 Å². The van der Waals surface area contributed by atoms with E-state index >= 15 is 0 Å². The van der Waals surface area contributed by atoms with E-state index in [0.29, 0.717) is 17.4 Å². The van der Waals surface area contributed by atoms with Gasteiger partial charge in [-0.25, -0.2) is 4.98 Å². The Hall–Kier alpha value is -3.81. The summed E-state index contributed by atoms with van der Waals surface area (Å²) in [6, 6.07) is 11.4. The molecule has 0 atom stereocenters. The van der Waals surface area contributed by atoms with Crippen LogP contribution in [0.2, 0.25) is 0 Å². The molecule has 0 saturated carbocycles. The normalized spacial score (nSPS) is 10.8. The molecule has 28 heavy (non-hydrogen) atoms. The molecule has 0 aliphatic rings. The fourth-order valence-corrected chi connectivity index (χ4v) is 2.69. The Morgan fingerprint density at radius 2 is 2.07 bits per heavy atom. The average molecular weight is 374 g/mol. The summed E-state index contributed by atoms with van der Waals surface area (Å²) in [5.41, 5.74) is 3.25. The molecule has 0 aliphatic carbocycles. The number of amides is 1. The van der Waals surface area contributed by atoms with Gasteiger partial charge in [0.2, 0.25) is 11.7 Å². The third-order valence-corrected chi connectivity index (χ3v) is 4.17. The quantitative estimate of drug-likeness (QED) is 0.556. The molecule has 0 radical (unpaired) electrons. The minimum absolute atomic E-state index is 0.135. The number of nitrogens with one attached hydrogen (secondary N) is 1. The number of aryl methyl sites for hydroxylation is 1. The summed E-state index contributed by atoms with van der Waals surface area (Å²) in [5, 5.41) is 6.82. The van der Waals surface area contributed by atoms with Crippen molar-refractivity contribution < 1.29 is 9.32 Å². The van der Waals surface area contributed by atoms with E-state index in [-0.39, 0.29) is 12.5 Å². The van der Waals surface area contributed by atoms with Gasteiger partial charge in [-0.1, -0.05) is 24.2 Å². The molecule has 0 unspecified atom stereocenters. The SMILES string of the molecule is CCc1ccc(NC(=O)Cn2cnc(-c3noc(-c4cccnc4)n3)c2)cc1. The first kappa shape index (κ1) is 17.6. The Morgan fingerprint density at radius 1 is 1.21 bits per heavy atom. The fraction of sp³-hybridized carbons (Fsp3) is 0.150. The molecule has 0 bridgehead atoms. The van der Waals surface area contributed by atoms with Gasteiger partial charge in [-0.3, -0.25) is 9.78 Å². The third-order valence-electron chi connectivity index (χ3n) is 4.17. The molecule has 1 amide bonds. The maximum Gasteiger partial charge on any atom is 0.259 e. The molecule has 8 heteroatoms. The van der Waals surface area contributed by atoms with E-state index in [4.69, 9.17) is 4.52 Å². The Labute approximate surface area is 161 Å². The Bertz CT molecular complexity index is 1070. The summed E-state index contributed by atoms with van der Waals surface area (Å²) < 4.78 is 6.94. The smallest absolute Gasteiger partial charge is 0.259 e. The number of nitrogens with zero attached hydrogens (tertiary/aromatic N) is 5. The predicted molar refractivity (Wildman–Crippen MR) is 103 cm³/mol. The number of carbonyl (C=O) groups excluding carboxylic acids is 1. The van der Waals surface area contributed by atoms with E-state index in [9.17, 15) is 4.79 Å². The van der Waals surface area contributed by atoms with E-state index < -0.39 is 0 Å². The highest BCUT2D eigenvalue weighted by Gasteiger charge is 2.13. The standard InChI is InChI=1S/C20H18N6O2/c1-2-14-5-7-16(8-6-14)23-18(27)12-26-11-17(22-13-26)19-24-20(28-25-19)15-4-3-9-21-10-15/h3-11,13H,2,12H2,1H3,(H,23,27). The van der Waals surface area contributed by atoms with Crippen molar-refractivity contribution in [2.75, 3.05) is 5.32 Å². The number of hydrogen-bond donors (Lipinski definition) is 1. The van der Waals surface area contributed by atoms with Crippen LogP contribution in [0.1, 0.15) is 12.5 Å². The zero-order chi connectivity index (χ0) is 19.3. The van der Waals surface area contributed by atoms with Gasteiger partial charge in [-0.15, -0.1) is 0 Å². The molecule has 4 rings (SSSR count). The molecule has 3 heterocycles. The molecule has 8 nitrogen and oxygen atoms in total. The number of benzene rings is 1. The van der Waals surface area contributed by atoms with Crippen LogP contribution in [-0.2, 0) is 17.8 Å². The van der Waals surface area contributed by atoms with Gasteiger partial charge in [0.05, 0.1) is 11.9 Å². The lowest BCUT2D eigenvalue weighted by atomic mass is 10.1. The van der Waals surface area contributed by atoms with Crippen molar-refractivity contribution in [1.29, 1.82) is 0 Å². The summed E-state index contributed by atoms with van der Waals surface area (Å²) in [4.78, 5) is 24.9. The van der Waals surface area contributed by atoms with Crippen LogP contribution < -0.4 is 5.32 Å². The van der Waals surface area contributed by atoms with Gasteiger partial charge < -0.3 is 14.4 Å². The van der Waals surface area contributed by atoms with Gasteiger partial charge in [-0.05, 0) is 36.2 Å². The fourth-order valence-electron chi connectivity index (χ4n) is 2.69. The maximum atomic E-state index is 12.3. The monoisotopic (exact) mass is 374 g/mol. The van der Waals surface area contributed by atoms with Crippen LogP contribution in [0.5, 0.6) is 0 Å². The van der Waals surface area contributed by atoms with E-state index in [1.807, 2.05) is 30.3 Å². The maximum absolute atomic E-state index is 12.3. The number of carbonyl (C=O) groups is 1. The molecule has 1 aromatic carbocycles. The van der Waals surface area contributed by atoms with Crippen molar-refractivity contribution in [3.05, 3.63) is 66.9 Å². The highest BCUT2D eigenvalue weighted by molar-refractivity contribution is 5.90. The Balaban J connectivity index is 1.41. The molecule has 3 aromatic heterocycles. The number of pyridine rings is 1. The zero-order valence-corrected chi connectivity index (χ0v) is 15.2. The van der Waals surface area contributed by atoms with Crippen molar-refractivity contribution in [3.63, 3.8) is 0 Å². The molecule has 4 aromatic rings. The topological polar surface area (TPSA) is 98.7 Å². The lowest BCUT2D eigenvalue weighted by Crippen LogP contribution is -2.17. The number of anilines is 1. The highest BCUT2D eigenvalue weighted by Crippen LogP contribution is 2.20. The van der Waals surface area contributed by atoms with Crippen molar-refractivity contribution in [3.8, 4) is 23.0 Å². The summed E-state index contributed by atoms with van der Waals surface area (Å²) in [7, 11) is 0. The summed E-state index contributed by atoms with van der Waals surface area (Å²) in [6.45, 7) is 2.23. The molecular weight excluding hydrogens is 356 g/mol. The van der Waals surface area contributed by atoms with Crippen molar-refractivity contribution in [2.24, 2.45) is 0 Å². The van der Waals surface area contributed by atoms with Gasteiger partial charge in [-0.2, -0.15) is 4.98 Å². The van der Waals surface area contributed by atoms with Gasteiger partial charge >= 0.3 is 0 Å². The number of aromatic nitrogens is 5. The van der Waals surface area contributed by atoms with Gasteiger partial charge in [0.25, 0.3) is 5.89 Å². The number of hydrogen-bond acceptors (Lipinski definition) is 6. The van der Waals surface area contributed by atoms with Gasteiger partial charge in [0.1, 0.15) is 12.2 Å². The molecular formula is C20H18N6O2. The number of rotatable bonds is 6. The van der Waals surface area contributed by atoms with Gasteiger partial charge in [0.15, 0.2) is 0 Å². The zero-order valence-electron chi connectivity index (χ0n) is 15.2.